The predicted octanol–water partition coefficient (Wildman–Crippen LogP) is 2.66. The van der Waals surface area contributed by atoms with E-state index in [9.17, 15) is 8.42 Å². The maximum atomic E-state index is 11.7. The van der Waals surface area contributed by atoms with Crippen LogP contribution in [0.2, 0.25) is 0 Å². The monoisotopic (exact) mass is 292 g/mol. The first kappa shape index (κ1) is 18.9. The molecule has 0 heterocycles. The third-order valence-corrected chi connectivity index (χ3v) is 4.59. The van der Waals surface area contributed by atoms with Gasteiger partial charge < -0.3 is 5.32 Å². The minimum atomic E-state index is -3.04. The quantitative estimate of drug-likeness (QED) is 0.484. The number of hydrogen-bond donors (Lipinski definition) is 2. The average Bonchev–Trinajstić information content (AvgIpc) is 2.37. The van der Waals surface area contributed by atoms with Crippen molar-refractivity contribution in [2.24, 2.45) is 0 Å². The second-order valence-electron chi connectivity index (χ2n) is 5.04. The molecule has 2 N–H and O–H groups in total. The molecule has 0 bridgehead atoms. The lowest BCUT2D eigenvalue weighted by molar-refractivity contribution is 0.564. The van der Waals surface area contributed by atoms with Gasteiger partial charge in [0, 0.05) is 6.54 Å². The Labute approximate surface area is 119 Å². The minimum absolute atomic E-state index is 0.280. The summed E-state index contributed by atoms with van der Waals surface area (Å²) < 4.78 is 26.0. The fourth-order valence-electron chi connectivity index (χ4n) is 1.94. The second-order valence-corrected chi connectivity index (χ2v) is 6.97. The van der Waals surface area contributed by atoms with Crippen LogP contribution in [0.5, 0.6) is 0 Å². The highest BCUT2D eigenvalue weighted by atomic mass is 32.2. The van der Waals surface area contributed by atoms with Crippen molar-refractivity contribution in [3.05, 3.63) is 0 Å². The third kappa shape index (κ3) is 14.1. The Kier molecular flexibility index (Phi) is 12.8. The van der Waals surface area contributed by atoms with Gasteiger partial charge in [-0.1, -0.05) is 52.4 Å². The summed E-state index contributed by atoms with van der Waals surface area (Å²) in [5.74, 6) is 0.280. The van der Waals surface area contributed by atoms with Crippen LogP contribution in [0, 0.1) is 0 Å². The van der Waals surface area contributed by atoms with Gasteiger partial charge in [0.25, 0.3) is 0 Å². The van der Waals surface area contributed by atoms with E-state index in [1.807, 2.05) is 6.92 Å². The Hall–Kier alpha value is -0.130. The summed E-state index contributed by atoms with van der Waals surface area (Å²) in [6, 6.07) is 0. The van der Waals surface area contributed by atoms with Crippen molar-refractivity contribution in [1.82, 2.24) is 10.0 Å². The Morgan fingerprint density at radius 1 is 0.789 bits per heavy atom. The van der Waals surface area contributed by atoms with Gasteiger partial charge in [0.1, 0.15) is 0 Å². The number of hydrogen-bond acceptors (Lipinski definition) is 3. The summed E-state index contributed by atoms with van der Waals surface area (Å²) in [5, 5.41) is 3.18. The van der Waals surface area contributed by atoms with Crippen LogP contribution in [0.15, 0.2) is 0 Å². The van der Waals surface area contributed by atoms with E-state index in [0.29, 0.717) is 6.54 Å². The first-order valence-corrected chi connectivity index (χ1v) is 9.45. The topological polar surface area (TPSA) is 58.2 Å². The zero-order valence-electron chi connectivity index (χ0n) is 12.7. The molecule has 116 valence electrons. The SMILES string of the molecule is CCCCCCCCCS(=O)(=O)NCCCNCC. The fraction of sp³-hybridized carbons (Fsp3) is 1.00. The molecule has 0 aliphatic rings. The van der Waals surface area contributed by atoms with E-state index in [-0.39, 0.29) is 5.75 Å². The Morgan fingerprint density at radius 2 is 1.42 bits per heavy atom. The first-order chi connectivity index (χ1) is 9.12. The standard InChI is InChI=1S/C14H32N2O2S/c1-3-5-6-7-8-9-10-14-19(17,18)16-13-11-12-15-4-2/h15-16H,3-14H2,1-2H3. The molecule has 0 aromatic carbocycles. The molecule has 0 aliphatic carbocycles. The average molecular weight is 292 g/mol. The summed E-state index contributed by atoms with van der Waals surface area (Å²) in [4.78, 5) is 0. The molecule has 0 fully saturated rings. The van der Waals surface area contributed by atoms with Gasteiger partial charge in [0.2, 0.25) is 10.0 Å². The van der Waals surface area contributed by atoms with Crippen molar-refractivity contribution >= 4 is 10.0 Å². The molecule has 0 saturated carbocycles. The summed E-state index contributed by atoms with van der Waals surface area (Å²) in [7, 11) is -3.04. The zero-order chi connectivity index (χ0) is 14.4. The zero-order valence-corrected chi connectivity index (χ0v) is 13.5. The smallest absolute Gasteiger partial charge is 0.211 e. The van der Waals surface area contributed by atoms with E-state index in [1.165, 1.54) is 25.7 Å². The van der Waals surface area contributed by atoms with Crippen molar-refractivity contribution in [2.75, 3.05) is 25.4 Å². The summed E-state index contributed by atoms with van der Waals surface area (Å²) in [6.07, 6.45) is 8.91. The molecule has 0 amide bonds. The highest BCUT2D eigenvalue weighted by molar-refractivity contribution is 7.89. The highest BCUT2D eigenvalue weighted by Gasteiger charge is 2.08. The molecular formula is C14H32N2O2S. The number of unbranched alkanes of at least 4 members (excludes halogenated alkanes) is 6. The third-order valence-electron chi connectivity index (χ3n) is 3.12. The highest BCUT2D eigenvalue weighted by Crippen LogP contribution is 2.07. The molecule has 19 heavy (non-hydrogen) atoms. The predicted molar refractivity (Wildman–Crippen MR) is 82.9 cm³/mol. The van der Waals surface area contributed by atoms with Crippen molar-refractivity contribution < 1.29 is 8.42 Å². The first-order valence-electron chi connectivity index (χ1n) is 7.80. The van der Waals surface area contributed by atoms with E-state index in [0.717, 1.165) is 38.8 Å². The molecule has 0 unspecified atom stereocenters. The van der Waals surface area contributed by atoms with Crippen LogP contribution in [0.1, 0.15) is 65.2 Å². The maximum Gasteiger partial charge on any atom is 0.211 e. The van der Waals surface area contributed by atoms with E-state index < -0.39 is 10.0 Å². The van der Waals surface area contributed by atoms with Gasteiger partial charge in [0.05, 0.1) is 5.75 Å². The Bertz CT molecular complexity index is 279. The molecule has 0 radical (unpaired) electrons. The van der Waals surface area contributed by atoms with E-state index in [4.69, 9.17) is 0 Å². The van der Waals surface area contributed by atoms with Gasteiger partial charge in [-0.3, -0.25) is 0 Å². The van der Waals surface area contributed by atoms with Crippen LogP contribution in [-0.2, 0) is 10.0 Å². The minimum Gasteiger partial charge on any atom is -0.317 e. The summed E-state index contributed by atoms with van der Waals surface area (Å²) in [5.41, 5.74) is 0. The van der Waals surface area contributed by atoms with Crippen LogP contribution in [0.4, 0.5) is 0 Å². The molecule has 4 nitrogen and oxygen atoms in total. The molecule has 0 saturated heterocycles. The normalized spacial score (nSPS) is 11.9. The lowest BCUT2D eigenvalue weighted by Crippen LogP contribution is -2.29. The fourth-order valence-corrected chi connectivity index (χ4v) is 3.12. The van der Waals surface area contributed by atoms with Gasteiger partial charge in [-0.25, -0.2) is 13.1 Å². The van der Waals surface area contributed by atoms with E-state index >= 15 is 0 Å². The number of sulfonamides is 1. The van der Waals surface area contributed by atoms with Crippen LogP contribution < -0.4 is 10.0 Å². The molecule has 0 atom stereocenters. The molecule has 5 heteroatoms. The number of rotatable bonds is 14. The molecule has 0 aromatic rings. The van der Waals surface area contributed by atoms with E-state index in [1.54, 1.807) is 0 Å². The number of nitrogens with one attached hydrogen (secondary N) is 2. The van der Waals surface area contributed by atoms with Crippen molar-refractivity contribution in [3.8, 4) is 0 Å². The van der Waals surface area contributed by atoms with Gasteiger partial charge in [-0.15, -0.1) is 0 Å². The van der Waals surface area contributed by atoms with Gasteiger partial charge in [0.15, 0.2) is 0 Å². The summed E-state index contributed by atoms with van der Waals surface area (Å²) in [6.45, 7) is 6.60. The van der Waals surface area contributed by atoms with Gasteiger partial charge in [-0.05, 0) is 25.9 Å². The largest absolute Gasteiger partial charge is 0.317 e. The molecule has 0 aliphatic heterocycles. The van der Waals surface area contributed by atoms with Crippen LogP contribution >= 0.6 is 0 Å². The van der Waals surface area contributed by atoms with Gasteiger partial charge in [-0.2, -0.15) is 0 Å². The van der Waals surface area contributed by atoms with Crippen molar-refractivity contribution in [1.29, 1.82) is 0 Å². The lowest BCUT2D eigenvalue weighted by Gasteiger charge is -2.07. The molecular weight excluding hydrogens is 260 g/mol. The van der Waals surface area contributed by atoms with Crippen LogP contribution in [-0.4, -0.2) is 33.8 Å². The van der Waals surface area contributed by atoms with Crippen LogP contribution in [0.3, 0.4) is 0 Å². The molecule has 0 spiro atoms. The van der Waals surface area contributed by atoms with Crippen molar-refractivity contribution in [3.63, 3.8) is 0 Å². The lowest BCUT2D eigenvalue weighted by atomic mass is 10.1. The second kappa shape index (κ2) is 12.9. The summed E-state index contributed by atoms with van der Waals surface area (Å²) >= 11 is 0. The van der Waals surface area contributed by atoms with Crippen LogP contribution in [0.25, 0.3) is 0 Å². The van der Waals surface area contributed by atoms with Crippen molar-refractivity contribution in [2.45, 2.75) is 65.2 Å². The molecule has 0 aromatic heterocycles. The Morgan fingerprint density at radius 3 is 2.05 bits per heavy atom. The van der Waals surface area contributed by atoms with Gasteiger partial charge >= 0.3 is 0 Å². The Balaban J connectivity index is 3.41. The maximum absolute atomic E-state index is 11.7. The van der Waals surface area contributed by atoms with E-state index in [2.05, 4.69) is 17.0 Å². The molecule has 0 rings (SSSR count).